The van der Waals surface area contributed by atoms with Crippen molar-refractivity contribution < 1.29 is 28.0 Å². The SMILES string of the molecule is COc1ccc(CN2CCN(C3CC4(CCN(c5ccc(C(=O)NS(=O)(=O)c6ccc(NCC7CCC(C)(O)CC7)c([N+](=O)[O-])c6)cc5)CC4)C3)C(c3ccccc3C(C)C)C2)cc1. The average Bonchev–Trinajstić information content (AvgIpc) is 3.28. The van der Waals surface area contributed by atoms with Crippen LogP contribution < -0.4 is 19.7 Å². The van der Waals surface area contributed by atoms with Gasteiger partial charge >= 0.3 is 0 Å². The number of anilines is 2. The van der Waals surface area contributed by atoms with Crippen LogP contribution in [0.4, 0.5) is 17.1 Å². The summed E-state index contributed by atoms with van der Waals surface area (Å²) in [5.41, 5.74) is 4.80. The Bertz CT molecular complexity index is 2380. The first kappa shape index (κ1) is 45.5. The van der Waals surface area contributed by atoms with Crippen LogP contribution in [-0.2, 0) is 16.6 Å². The van der Waals surface area contributed by atoms with Gasteiger partial charge in [-0.25, -0.2) is 13.1 Å². The molecule has 2 saturated heterocycles. The smallest absolute Gasteiger partial charge is 0.293 e. The Balaban J connectivity index is 0.854. The van der Waals surface area contributed by atoms with E-state index in [0.29, 0.717) is 42.8 Å². The Labute approximate surface area is 378 Å². The number of aliphatic hydroxyl groups is 1. The summed E-state index contributed by atoms with van der Waals surface area (Å²) in [7, 11) is -2.70. The molecule has 14 heteroatoms. The van der Waals surface area contributed by atoms with Gasteiger partial charge in [0.2, 0.25) is 0 Å². The van der Waals surface area contributed by atoms with Crippen LogP contribution in [0.3, 0.4) is 0 Å². The van der Waals surface area contributed by atoms with Crippen molar-refractivity contribution in [2.75, 3.05) is 56.6 Å². The second-order valence-corrected chi connectivity index (χ2v) is 21.1. The molecule has 2 aliphatic heterocycles. The van der Waals surface area contributed by atoms with Crippen LogP contribution in [0, 0.1) is 21.4 Å². The zero-order valence-electron chi connectivity index (χ0n) is 37.7. The van der Waals surface area contributed by atoms with E-state index < -0.39 is 26.5 Å². The number of nitrogens with one attached hydrogen (secondary N) is 2. The molecule has 3 N–H and O–H groups in total. The van der Waals surface area contributed by atoms with E-state index in [-0.39, 0.29) is 27.8 Å². The second kappa shape index (κ2) is 18.8. The van der Waals surface area contributed by atoms with Gasteiger partial charge in [0.05, 0.1) is 22.5 Å². The zero-order chi connectivity index (χ0) is 45.2. The number of nitro benzene ring substituents is 1. The van der Waals surface area contributed by atoms with Gasteiger partial charge < -0.3 is 20.1 Å². The first-order valence-corrected chi connectivity index (χ1v) is 24.5. The predicted molar refractivity (Wildman–Crippen MR) is 250 cm³/mol. The number of amides is 1. The van der Waals surface area contributed by atoms with Gasteiger partial charge in [0.25, 0.3) is 21.6 Å². The van der Waals surface area contributed by atoms with E-state index in [2.05, 4.69) is 75.0 Å². The number of benzene rings is 4. The third-order valence-electron chi connectivity index (χ3n) is 14.6. The monoisotopic (exact) mass is 892 g/mol. The highest BCUT2D eigenvalue weighted by Gasteiger charge is 2.50. The first-order chi connectivity index (χ1) is 30.6. The molecule has 64 heavy (non-hydrogen) atoms. The summed E-state index contributed by atoms with van der Waals surface area (Å²) in [6.07, 6.45) is 7.47. The normalized spacial score (nSPS) is 23.1. The molecule has 2 saturated carbocycles. The van der Waals surface area contributed by atoms with Crippen LogP contribution in [0.25, 0.3) is 0 Å². The minimum atomic E-state index is -4.40. The number of carbonyl (C=O) groups is 1. The maximum atomic E-state index is 13.3. The fourth-order valence-corrected chi connectivity index (χ4v) is 11.7. The Morgan fingerprint density at radius 1 is 0.922 bits per heavy atom. The number of piperidine rings is 1. The van der Waals surface area contributed by atoms with Gasteiger partial charge in [-0.2, -0.15) is 0 Å². The lowest BCUT2D eigenvalue weighted by Crippen LogP contribution is -2.60. The van der Waals surface area contributed by atoms with Crippen molar-refractivity contribution >= 4 is 33.0 Å². The number of rotatable bonds is 14. The lowest BCUT2D eigenvalue weighted by Gasteiger charge is -2.58. The van der Waals surface area contributed by atoms with Crippen molar-refractivity contribution in [2.45, 2.75) is 107 Å². The lowest BCUT2D eigenvalue weighted by atomic mass is 9.59. The fourth-order valence-electron chi connectivity index (χ4n) is 10.7. The summed E-state index contributed by atoms with van der Waals surface area (Å²) in [6.45, 7) is 12.7. The summed E-state index contributed by atoms with van der Waals surface area (Å²) in [5, 5.41) is 25.3. The predicted octanol–water partition coefficient (Wildman–Crippen LogP) is 8.51. The Kier molecular flexibility index (Phi) is 13.4. The van der Waals surface area contributed by atoms with Crippen molar-refractivity contribution in [1.82, 2.24) is 14.5 Å². The summed E-state index contributed by atoms with van der Waals surface area (Å²) < 4.78 is 34.1. The van der Waals surface area contributed by atoms with E-state index in [0.717, 1.165) is 82.5 Å². The largest absolute Gasteiger partial charge is 0.497 e. The molecule has 0 aromatic heterocycles. The van der Waals surface area contributed by atoms with E-state index in [1.165, 1.54) is 41.7 Å². The van der Waals surface area contributed by atoms with Gasteiger partial charge in [-0.05, 0) is 141 Å². The number of nitrogens with zero attached hydrogens (tertiary/aromatic N) is 4. The molecule has 4 fully saturated rings. The molecule has 1 unspecified atom stereocenters. The molecule has 342 valence electrons. The Morgan fingerprint density at radius 2 is 1.61 bits per heavy atom. The Hall–Kier alpha value is -5.02. The summed E-state index contributed by atoms with van der Waals surface area (Å²) in [6, 6.07) is 29.0. The quantitative estimate of drug-likeness (QED) is 0.0824. The van der Waals surface area contributed by atoms with Crippen molar-refractivity contribution in [3.63, 3.8) is 0 Å². The first-order valence-electron chi connectivity index (χ1n) is 23.0. The van der Waals surface area contributed by atoms with E-state index in [9.17, 15) is 28.4 Å². The molecule has 0 bridgehead atoms. The number of hydrogen-bond donors (Lipinski definition) is 3. The molecule has 1 spiro atoms. The van der Waals surface area contributed by atoms with E-state index in [1.54, 1.807) is 19.2 Å². The minimum Gasteiger partial charge on any atom is -0.497 e. The molecular weight excluding hydrogens is 829 g/mol. The molecule has 4 aromatic carbocycles. The second-order valence-electron chi connectivity index (χ2n) is 19.4. The van der Waals surface area contributed by atoms with Gasteiger partial charge in [-0.1, -0.05) is 50.2 Å². The molecule has 2 aliphatic carbocycles. The molecular formula is C50H64N6O7S. The standard InChI is InChI=1S/C50H64N6O7S/c1-35(2)43-7-5-6-8-44(43)47-34-53(33-37-9-15-41(63-4)16-10-37)27-28-55(47)40-30-50(31-40)23-25-54(26-24-50)39-13-11-38(12-14-39)48(57)52-64(61,62)42-17-18-45(46(29-42)56(59)60)51-32-36-19-21-49(3,58)22-20-36/h5-18,29,35-36,40,47,51,58H,19-28,30-34H2,1-4H3,(H,52,57). The van der Waals surface area contributed by atoms with Gasteiger partial charge in [-0.15, -0.1) is 0 Å². The van der Waals surface area contributed by atoms with Crippen LogP contribution in [0.2, 0.25) is 0 Å². The molecule has 1 atom stereocenters. The van der Waals surface area contributed by atoms with E-state index >= 15 is 0 Å². The molecule has 0 radical (unpaired) electrons. The fraction of sp³-hybridized carbons (Fsp3) is 0.500. The zero-order valence-corrected chi connectivity index (χ0v) is 38.5. The average molecular weight is 893 g/mol. The number of sulfonamides is 1. The van der Waals surface area contributed by atoms with Crippen LogP contribution >= 0.6 is 0 Å². The molecule has 1 amide bonds. The van der Waals surface area contributed by atoms with E-state index in [4.69, 9.17) is 4.74 Å². The molecule has 13 nitrogen and oxygen atoms in total. The van der Waals surface area contributed by atoms with Crippen LogP contribution in [0.15, 0.2) is 95.9 Å². The van der Waals surface area contributed by atoms with Crippen molar-refractivity contribution in [3.05, 3.63) is 123 Å². The topological polar surface area (TPSA) is 158 Å². The number of hydrogen-bond acceptors (Lipinski definition) is 11. The number of piperazine rings is 1. The van der Waals surface area contributed by atoms with Gasteiger partial charge in [0.1, 0.15) is 11.4 Å². The molecule has 8 rings (SSSR count). The molecule has 4 aromatic rings. The van der Waals surface area contributed by atoms with Crippen LogP contribution in [0.1, 0.15) is 111 Å². The van der Waals surface area contributed by atoms with Crippen molar-refractivity contribution in [1.29, 1.82) is 0 Å². The van der Waals surface area contributed by atoms with Crippen LogP contribution in [-0.4, -0.2) is 92.2 Å². The highest BCUT2D eigenvalue weighted by Crippen LogP contribution is 2.53. The number of nitro groups is 1. The Morgan fingerprint density at radius 3 is 2.27 bits per heavy atom. The third kappa shape index (κ3) is 10.3. The van der Waals surface area contributed by atoms with Gasteiger partial charge in [-0.3, -0.25) is 24.7 Å². The van der Waals surface area contributed by atoms with Crippen molar-refractivity contribution in [3.8, 4) is 5.75 Å². The van der Waals surface area contributed by atoms with Crippen LogP contribution in [0.5, 0.6) is 5.75 Å². The maximum Gasteiger partial charge on any atom is 0.293 e. The number of methoxy groups -OCH3 is 1. The lowest BCUT2D eigenvalue weighted by molar-refractivity contribution is -0.384. The van der Waals surface area contributed by atoms with Gasteiger partial charge in [0, 0.05) is 75.2 Å². The maximum absolute atomic E-state index is 13.3. The summed E-state index contributed by atoms with van der Waals surface area (Å²) in [4.78, 5) is 32.0. The minimum absolute atomic E-state index is 0.180. The van der Waals surface area contributed by atoms with E-state index in [1.807, 2.05) is 31.2 Å². The highest BCUT2D eigenvalue weighted by molar-refractivity contribution is 7.90. The van der Waals surface area contributed by atoms with Gasteiger partial charge in [0.15, 0.2) is 0 Å². The summed E-state index contributed by atoms with van der Waals surface area (Å²) >= 11 is 0. The highest BCUT2D eigenvalue weighted by atomic mass is 32.2. The third-order valence-corrected chi connectivity index (χ3v) is 16.0. The number of carbonyl (C=O) groups excluding carboxylic acids is 1. The number of ether oxygens (including phenoxy) is 1. The van der Waals surface area contributed by atoms with Crippen molar-refractivity contribution in [2.24, 2.45) is 11.3 Å². The molecule has 2 heterocycles. The molecule has 4 aliphatic rings. The summed E-state index contributed by atoms with van der Waals surface area (Å²) in [5.74, 6) is 0.751.